The van der Waals surface area contributed by atoms with Gasteiger partial charge in [0, 0.05) is 91.0 Å². The second kappa shape index (κ2) is 24.3. The van der Waals surface area contributed by atoms with Crippen LogP contribution in [0.25, 0.3) is 0 Å². The van der Waals surface area contributed by atoms with Crippen molar-refractivity contribution in [3.8, 4) is 0 Å². The maximum Gasteiger partial charge on any atom is 0.252 e. The highest BCUT2D eigenvalue weighted by Crippen LogP contribution is 2.53. The van der Waals surface area contributed by atoms with Crippen LogP contribution in [0.4, 0.5) is 102 Å². The zero-order chi connectivity index (χ0) is 70.1. The highest BCUT2D eigenvalue weighted by molar-refractivity contribution is 7.03. The minimum atomic E-state index is -0.179. The molecule has 102 heavy (non-hydrogen) atoms. The van der Waals surface area contributed by atoms with Crippen molar-refractivity contribution in [3.63, 3.8) is 0 Å². The van der Waals surface area contributed by atoms with Crippen LogP contribution in [0.15, 0.2) is 303 Å². The number of rotatable bonds is 10. The van der Waals surface area contributed by atoms with Gasteiger partial charge in [0.25, 0.3) is 13.4 Å². The fraction of sp³-hybridized carbons (Fsp3) is 0.170. The summed E-state index contributed by atoms with van der Waals surface area (Å²) in [5.74, 6) is 0. The molecule has 0 N–H and O–H groups in total. The van der Waals surface area contributed by atoms with Crippen LogP contribution < -0.4 is 62.2 Å². The van der Waals surface area contributed by atoms with Crippen LogP contribution in [0.5, 0.6) is 0 Å². The Balaban J connectivity index is 0.973. The largest absolute Gasteiger partial charge is 0.311 e. The lowest BCUT2D eigenvalue weighted by atomic mass is 9.30. The summed E-state index contributed by atoms with van der Waals surface area (Å²) in [4.78, 5) is 15.3. The summed E-state index contributed by atoms with van der Waals surface area (Å²) >= 11 is 0. The van der Waals surface area contributed by atoms with Crippen LogP contribution in [-0.2, 0) is 21.7 Å². The SMILES string of the molecule is CC(C)(C)c1ccc(N(c2ccc(C(C)(C)C)cc2)c2cc3c4c(c2)N(c2ccccc2)c2cc5c(cc2B4c2ccccc2N3c2ccccc2)B2c3ccccc3N(c3ccccc3)c3cc(N(c4ccc(C(C)(C)C)cc4)c4ccc(C(C)(C)C)cc4)cc(c32)N5c2ccccc2)cc1. The first-order valence-electron chi connectivity index (χ1n) is 36.3. The third kappa shape index (κ3) is 10.9. The van der Waals surface area contributed by atoms with Crippen molar-refractivity contribution in [2.24, 2.45) is 0 Å². The summed E-state index contributed by atoms with van der Waals surface area (Å²) in [6, 6.07) is 115. The Morgan fingerprint density at radius 3 is 0.696 bits per heavy atom. The lowest BCUT2D eigenvalue weighted by Crippen LogP contribution is -2.65. The molecule has 0 atom stereocenters. The van der Waals surface area contributed by atoms with E-state index < -0.39 is 0 Å². The Morgan fingerprint density at radius 2 is 0.441 bits per heavy atom. The van der Waals surface area contributed by atoms with Crippen molar-refractivity contribution in [3.05, 3.63) is 326 Å². The van der Waals surface area contributed by atoms with Gasteiger partial charge in [-0.25, -0.2) is 0 Å². The van der Waals surface area contributed by atoms with Crippen molar-refractivity contribution in [2.75, 3.05) is 29.4 Å². The summed E-state index contributed by atoms with van der Waals surface area (Å²) in [6.07, 6.45) is 0. The Labute approximate surface area is 604 Å². The van der Waals surface area contributed by atoms with E-state index in [9.17, 15) is 0 Å². The zero-order valence-electron chi connectivity index (χ0n) is 60.7. The van der Waals surface area contributed by atoms with Gasteiger partial charge in [-0.05, 0) is 216 Å². The van der Waals surface area contributed by atoms with Crippen LogP contribution >= 0.6 is 0 Å². The first-order chi connectivity index (χ1) is 49.2. The van der Waals surface area contributed by atoms with Crippen LogP contribution in [0.1, 0.15) is 105 Å². The highest BCUT2D eigenvalue weighted by atomic mass is 15.2. The van der Waals surface area contributed by atoms with Gasteiger partial charge in [-0.1, -0.05) is 247 Å². The molecule has 0 saturated heterocycles. The van der Waals surface area contributed by atoms with Gasteiger partial charge in [-0.15, -0.1) is 0 Å². The molecule has 0 fully saturated rings. The second-order valence-corrected chi connectivity index (χ2v) is 32.3. The van der Waals surface area contributed by atoms with Crippen LogP contribution in [0.2, 0.25) is 0 Å². The molecule has 0 spiro atoms. The van der Waals surface area contributed by atoms with E-state index in [0.29, 0.717) is 0 Å². The molecule has 0 amide bonds. The second-order valence-electron chi connectivity index (χ2n) is 32.3. The molecule has 0 aromatic heterocycles. The molecule has 13 aromatic carbocycles. The van der Waals surface area contributed by atoms with Crippen LogP contribution in [0, 0.1) is 0 Å². The summed E-state index contributed by atoms with van der Waals surface area (Å²) in [7, 11) is 0. The van der Waals surface area contributed by atoms with Crippen molar-refractivity contribution in [2.45, 2.75) is 105 Å². The van der Waals surface area contributed by atoms with E-state index in [-0.39, 0.29) is 35.1 Å². The third-order valence-electron chi connectivity index (χ3n) is 21.6. The number of anilines is 18. The van der Waals surface area contributed by atoms with Crippen molar-refractivity contribution in [1.82, 2.24) is 0 Å². The van der Waals surface area contributed by atoms with Crippen LogP contribution in [-0.4, -0.2) is 13.4 Å². The molecule has 13 aromatic rings. The fourth-order valence-corrected chi connectivity index (χ4v) is 16.4. The molecule has 4 aliphatic heterocycles. The smallest absolute Gasteiger partial charge is 0.252 e. The average molecular weight is 1320 g/mol. The highest BCUT2D eigenvalue weighted by Gasteiger charge is 2.49. The molecular formula is C94H86B2N6. The van der Waals surface area contributed by atoms with E-state index >= 15 is 0 Å². The van der Waals surface area contributed by atoms with E-state index in [1.807, 2.05) is 0 Å². The Bertz CT molecular complexity index is 4880. The lowest BCUT2D eigenvalue weighted by molar-refractivity contribution is 0.590. The van der Waals surface area contributed by atoms with Gasteiger partial charge in [0.05, 0.1) is 11.4 Å². The molecular weight excluding hydrogens is 1230 g/mol. The molecule has 6 nitrogen and oxygen atoms in total. The van der Waals surface area contributed by atoms with E-state index in [2.05, 4.69) is 416 Å². The normalized spacial score (nSPS) is 13.6. The molecule has 17 rings (SSSR count). The average Bonchev–Trinajstić information content (AvgIpc) is 0.664. The molecule has 0 radical (unpaired) electrons. The molecule has 8 heteroatoms. The van der Waals surface area contributed by atoms with Crippen molar-refractivity contribution in [1.29, 1.82) is 0 Å². The summed E-state index contributed by atoms with van der Waals surface area (Å²) in [5, 5.41) is 0. The Hall–Kier alpha value is -11.2. The molecule has 0 saturated carbocycles. The molecule has 498 valence electrons. The van der Waals surface area contributed by atoms with E-state index in [1.165, 1.54) is 55.0 Å². The van der Waals surface area contributed by atoms with E-state index in [0.717, 1.165) is 102 Å². The maximum absolute atomic E-state index is 2.65. The summed E-state index contributed by atoms with van der Waals surface area (Å²) in [5.41, 5.74) is 32.6. The zero-order valence-corrected chi connectivity index (χ0v) is 60.7. The standard InChI is InChI=1S/C94H86B2N6/c1-91(2,3)63-41-49-71(50-42-63)97(72-51-43-64(44-52-72)92(4,5)6)75-57-85-89-87(59-75)101(69-33-21-15-22-34-69)83-62-84-80(61-79(83)95(89)77-37-25-27-39-81(77)99(85)67-29-17-13-18-30-67)96-78-38-26-28-40-82(78)100(68-31-19-14-20-32-68)86-58-76(60-88(90(86)96)102(84)70-35-23-16-24-36-70)98(73-53-45-65(46-54-73)93(7,8)9)74-55-47-66(48-56-74)94(10,11)12/h13-62H,1-12H3. The first-order valence-corrected chi connectivity index (χ1v) is 36.3. The number of hydrogen-bond donors (Lipinski definition) is 0. The maximum atomic E-state index is 2.65. The fourth-order valence-electron chi connectivity index (χ4n) is 16.4. The topological polar surface area (TPSA) is 19.4 Å². The van der Waals surface area contributed by atoms with Gasteiger partial charge < -0.3 is 29.4 Å². The first kappa shape index (κ1) is 64.2. The molecule has 4 heterocycles. The molecule has 0 aliphatic carbocycles. The van der Waals surface area contributed by atoms with Gasteiger partial charge >= 0.3 is 0 Å². The van der Waals surface area contributed by atoms with E-state index in [1.54, 1.807) is 0 Å². The van der Waals surface area contributed by atoms with Gasteiger partial charge in [0.15, 0.2) is 0 Å². The minimum absolute atomic E-state index is 0.0289. The number of para-hydroxylation sites is 6. The monoisotopic (exact) mass is 1320 g/mol. The van der Waals surface area contributed by atoms with Gasteiger partial charge in [-0.2, -0.15) is 0 Å². The predicted molar refractivity (Wildman–Crippen MR) is 439 cm³/mol. The Morgan fingerprint density at radius 1 is 0.206 bits per heavy atom. The van der Waals surface area contributed by atoms with Gasteiger partial charge in [0.1, 0.15) is 0 Å². The quantitative estimate of drug-likeness (QED) is 0.126. The minimum Gasteiger partial charge on any atom is -0.311 e. The predicted octanol–water partition coefficient (Wildman–Crippen LogP) is 22.0. The van der Waals surface area contributed by atoms with Crippen molar-refractivity contribution < 1.29 is 0 Å². The van der Waals surface area contributed by atoms with Crippen molar-refractivity contribution >= 4 is 149 Å². The number of fused-ring (bicyclic) bond motifs is 8. The Kier molecular flexibility index (Phi) is 15.3. The summed E-state index contributed by atoms with van der Waals surface area (Å²) in [6.45, 7) is 27.2. The molecule has 0 unspecified atom stereocenters. The van der Waals surface area contributed by atoms with Gasteiger partial charge in [-0.3, -0.25) is 0 Å². The third-order valence-corrected chi connectivity index (χ3v) is 21.6. The summed E-state index contributed by atoms with van der Waals surface area (Å²) < 4.78 is 0. The number of nitrogens with zero attached hydrogens (tertiary/aromatic N) is 6. The van der Waals surface area contributed by atoms with Crippen LogP contribution in [0.3, 0.4) is 0 Å². The number of hydrogen-bond acceptors (Lipinski definition) is 6. The molecule has 0 bridgehead atoms. The number of benzene rings is 13. The molecule has 4 aliphatic rings. The van der Waals surface area contributed by atoms with Gasteiger partial charge in [0.2, 0.25) is 0 Å². The lowest BCUT2D eigenvalue weighted by Gasteiger charge is -2.48. The van der Waals surface area contributed by atoms with E-state index in [4.69, 9.17) is 0 Å².